The third kappa shape index (κ3) is 6.35. The lowest BCUT2D eigenvalue weighted by Crippen LogP contribution is -2.40. The first-order chi connectivity index (χ1) is 16.8. The van der Waals surface area contributed by atoms with E-state index in [1.165, 1.54) is 43.5 Å². The first-order valence-corrected chi connectivity index (χ1v) is 14.0. The van der Waals surface area contributed by atoms with E-state index in [0.717, 1.165) is 9.87 Å². The molecule has 0 saturated carbocycles. The predicted octanol–water partition coefficient (Wildman–Crippen LogP) is 3.12. The van der Waals surface area contributed by atoms with Crippen molar-refractivity contribution in [2.45, 2.75) is 30.2 Å². The second-order valence-corrected chi connectivity index (χ2v) is 11.9. The lowest BCUT2D eigenvalue weighted by atomic mass is 10.2. The highest BCUT2D eigenvalue weighted by Gasteiger charge is 2.30. The number of sulfonamides is 2. The number of hydrogen-bond acceptors (Lipinski definition) is 6. The summed E-state index contributed by atoms with van der Waals surface area (Å²) in [4.78, 5) is 12.7. The van der Waals surface area contributed by atoms with Gasteiger partial charge in [0.1, 0.15) is 17.2 Å². The van der Waals surface area contributed by atoms with E-state index < -0.39 is 32.5 Å². The lowest BCUT2D eigenvalue weighted by Gasteiger charge is -2.25. The van der Waals surface area contributed by atoms with Crippen LogP contribution in [0.2, 0.25) is 5.02 Å². The largest absolute Gasteiger partial charge is 0.495 e. The zero-order chi connectivity index (χ0) is 26.7. The zero-order valence-corrected chi connectivity index (χ0v) is 22.2. The van der Waals surface area contributed by atoms with Gasteiger partial charge >= 0.3 is 0 Å². The number of hydrogen-bond donors (Lipinski definition) is 2. The molecule has 0 unspecified atom stereocenters. The molecule has 192 valence electrons. The molecule has 0 atom stereocenters. The van der Waals surface area contributed by atoms with Crippen molar-refractivity contribution in [3.63, 3.8) is 0 Å². The summed E-state index contributed by atoms with van der Waals surface area (Å²) in [6.45, 7) is 3.04. The molecule has 0 spiro atoms. The third-order valence-electron chi connectivity index (χ3n) is 5.36. The number of ether oxygens (including phenoxy) is 1. The SMILES string of the molecule is COc1ccc(C)cc1S(=O)(=O)N(CC(=O)NCc1ccc(S(N)(=O)=O)cc1)c1ccc(C)c(Cl)c1. The van der Waals surface area contributed by atoms with Crippen LogP contribution in [0.4, 0.5) is 5.69 Å². The molecule has 12 heteroatoms. The molecule has 3 N–H and O–H groups in total. The fraction of sp³-hybridized carbons (Fsp3) is 0.208. The molecular weight excluding hydrogens is 526 g/mol. The Hall–Kier alpha value is -3.12. The fourth-order valence-corrected chi connectivity index (χ4v) is 5.69. The number of benzene rings is 3. The van der Waals surface area contributed by atoms with Crippen LogP contribution in [0.1, 0.15) is 16.7 Å². The summed E-state index contributed by atoms with van der Waals surface area (Å²) in [5.41, 5.74) is 2.26. The Morgan fingerprint density at radius 3 is 2.25 bits per heavy atom. The molecule has 0 bridgehead atoms. The van der Waals surface area contributed by atoms with E-state index in [1.807, 2.05) is 0 Å². The molecule has 0 radical (unpaired) electrons. The molecule has 9 nitrogen and oxygen atoms in total. The molecule has 0 saturated heterocycles. The number of nitrogens with zero attached hydrogens (tertiary/aromatic N) is 1. The summed E-state index contributed by atoms with van der Waals surface area (Å²) >= 11 is 6.26. The third-order valence-corrected chi connectivity index (χ3v) is 8.49. The summed E-state index contributed by atoms with van der Waals surface area (Å²) in [7, 11) is -6.71. The van der Waals surface area contributed by atoms with Gasteiger partial charge in [-0.3, -0.25) is 9.10 Å². The molecule has 3 rings (SSSR count). The number of carbonyl (C=O) groups is 1. The van der Waals surface area contributed by atoms with E-state index >= 15 is 0 Å². The van der Waals surface area contributed by atoms with Crippen LogP contribution in [0.15, 0.2) is 70.5 Å². The van der Waals surface area contributed by atoms with Crippen LogP contribution in [-0.2, 0) is 31.4 Å². The van der Waals surface area contributed by atoms with Gasteiger partial charge in [-0.1, -0.05) is 35.9 Å². The van der Waals surface area contributed by atoms with E-state index in [1.54, 1.807) is 38.1 Å². The quantitative estimate of drug-likeness (QED) is 0.419. The van der Waals surface area contributed by atoms with Crippen molar-refractivity contribution in [1.29, 1.82) is 0 Å². The summed E-state index contributed by atoms with van der Waals surface area (Å²) in [6.07, 6.45) is 0. The Balaban J connectivity index is 1.91. The van der Waals surface area contributed by atoms with E-state index in [4.69, 9.17) is 21.5 Å². The van der Waals surface area contributed by atoms with Gasteiger partial charge in [0.25, 0.3) is 10.0 Å². The summed E-state index contributed by atoms with van der Waals surface area (Å²) < 4.78 is 56.6. The average Bonchev–Trinajstić information content (AvgIpc) is 2.82. The van der Waals surface area contributed by atoms with E-state index in [0.29, 0.717) is 16.1 Å². The Morgan fingerprint density at radius 2 is 1.67 bits per heavy atom. The molecule has 3 aromatic carbocycles. The molecule has 0 aliphatic heterocycles. The molecule has 0 aliphatic carbocycles. The predicted molar refractivity (Wildman–Crippen MR) is 138 cm³/mol. The molecular formula is C24H26ClN3O6S2. The number of carbonyl (C=O) groups excluding carboxylic acids is 1. The molecule has 0 aromatic heterocycles. The minimum absolute atomic E-state index is 0.0417. The van der Waals surface area contributed by atoms with E-state index in [-0.39, 0.29) is 27.8 Å². The van der Waals surface area contributed by atoms with Crippen molar-refractivity contribution < 1.29 is 26.4 Å². The molecule has 0 aliphatic rings. The molecule has 36 heavy (non-hydrogen) atoms. The first-order valence-electron chi connectivity index (χ1n) is 10.6. The average molecular weight is 552 g/mol. The summed E-state index contributed by atoms with van der Waals surface area (Å²) in [6, 6.07) is 15.1. The van der Waals surface area contributed by atoms with Crippen molar-refractivity contribution >= 4 is 43.2 Å². The zero-order valence-electron chi connectivity index (χ0n) is 19.9. The van der Waals surface area contributed by atoms with Crippen molar-refractivity contribution in [2.24, 2.45) is 5.14 Å². The van der Waals surface area contributed by atoms with Crippen LogP contribution in [0.25, 0.3) is 0 Å². The number of nitrogens with two attached hydrogens (primary N) is 1. The Kier molecular flexibility index (Phi) is 8.29. The van der Waals surface area contributed by atoms with Gasteiger partial charge in [-0.05, 0) is 66.9 Å². The van der Waals surface area contributed by atoms with Gasteiger partial charge in [-0.2, -0.15) is 0 Å². The Bertz CT molecular complexity index is 1490. The van der Waals surface area contributed by atoms with Crippen LogP contribution in [0.3, 0.4) is 0 Å². The number of nitrogens with one attached hydrogen (secondary N) is 1. The minimum Gasteiger partial charge on any atom is -0.495 e. The fourth-order valence-electron chi connectivity index (χ4n) is 3.34. The van der Waals surface area contributed by atoms with Gasteiger partial charge in [0, 0.05) is 11.6 Å². The topological polar surface area (TPSA) is 136 Å². The monoisotopic (exact) mass is 551 g/mol. The van der Waals surface area contributed by atoms with Crippen molar-refractivity contribution in [2.75, 3.05) is 18.0 Å². The smallest absolute Gasteiger partial charge is 0.268 e. The number of aryl methyl sites for hydroxylation is 2. The van der Waals surface area contributed by atoms with Crippen LogP contribution < -0.4 is 19.5 Å². The molecule has 1 amide bonds. The number of halogens is 1. The second-order valence-electron chi connectivity index (χ2n) is 8.07. The lowest BCUT2D eigenvalue weighted by molar-refractivity contribution is -0.119. The van der Waals surface area contributed by atoms with Gasteiger partial charge in [0.05, 0.1) is 17.7 Å². The van der Waals surface area contributed by atoms with Crippen molar-refractivity contribution in [3.8, 4) is 5.75 Å². The van der Waals surface area contributed by atoms with E-state index in [2.05, 4.69) is 5.32 Å². The van der Waals surface area contributed by atoms with Crippen LogP contribution in [0.5, 0.6) is 5.75 Å². The van der Waals surface area contributed by atoms with Gasteiger partial charge in [-0.15, -0.1) is 0 Å². The Morgan fingerprint density at radius 1 is 1.00 bits per heavy atom. The maximum atomic E-state index is 13.8. The van der Waals surface area contributed by atoms with Gasteiger partial charge in [0.2, 0.25) is 15.9 Å². The molecule has 3 aromatic rings. The van der Waals surface area contributed by atoms with Crippen LogP contribution in [0, 0.1) is 13.8 Å². The van der Waals surface area contributed by atoms with Crippen molar-refractivity contribution in [1.82, 2.24) is 5.32 Å². The molecule has 0 heterocycles. The number of primary sulfonamides is 1. The summed E-state index contributed by atoms with van der Waals surface area (Å²) in [5, 5.41) is 8.10. The van der Waals surface area contributed by atoms with Crippen LogP contribution >= 0.6 is 11.6 Å². The summed E-state index contributed by atoms with van der Waals surface area (Å²) in [5.74, 6) is -0.448. The van der Waals surface area contributed by atoms with Crippen molar-refractivity contribution in [3.05, 3.63) is 82.4 Å². The van der Waals surface area contributed by atoms with Crippen LogP contribution in [-0.4, -0.2) is 36.4 Å². The first kappa shape index (κ1) is 27.5. The maximum absolute atomic E-state index is 13.8. The van der Waals surface area contributed by atoms with E-state index in [9.17, 15) is 21.6 Å². The molecule has 0 fully saturated rings. The Labute approximate surface area is 215 Å². The highest BCUT2D eigenvalue weighted by molar-refractivity contribution is 7.93. The highest BCUT2D eigenvalue weighted by atomic mass is 35.5. The second kappa shape index (κ2) is 10.9. The number of rotatable bonds is 9. The maximum Gasteiger partial charge on any atom is 0.268 e. The highest BCUT2D eigenvalue weighted by Crippen LogP contribution is 2.32. The standard InChI is InChI=1S/C24H26ClN3O6S2/c1-16-4-11-22(34-3)23(12-16)36(32,33)28(19-8-5-17(2)21(25)13-19)15-24(29)27-14-18-6-9-20(10-7-18)35(26,30)31/h4-13H,14-15H2,1-3H3,(H,27,29)(H2,26,30,31). The number of anilines is 1. The minimum atomic E-state index is -4.24. The van der Waals surface area contributed by atoms with Gasteiger partial charge in [0.15, 0.2) is 0 Å². The normalized spacial score (nSPS) is 11.7. The van der Waals surface area contributed by atoms with Gasteiger partial charge in [-0.25, -0.2) is 22.0 Å². The number of methoxy groups -OCH3 is 1. The van der Waals surface area contributed by atoms with Gasteiger partial charge < -0.3 is 10.1 Å². The number of amides is 1.